The lowest BCUT2D eigenvalue weighted by Crippen LogP contribution is -2.33. The summed E-state index contributed by atoms with van der Waals surface area (Å²) < 4.78 is 13.1. The number of amides is 1. The molecule has 4 rings (SSSR count). The van der Waals surface area contributed by atoms with E-state index in [4.69, 9.17) is 0 Å². The third kappa shape index (κ3) is 3.91. The zero-order chi connectivity index (χ0) is 19.7. The number of carbonyl (C=O) groups is 1. The molecule has 0 bridgehead atoms. The molecule has 2 atom stereocenters. The molecule has 1 amide bonds. The van der Waals surface area contributed by atoms with Crippen LogP contribution in [0.3, 0.4) is 0 Å². The molecule has 146 valence electrons. The largest absolute Gasteiger partial charge is 0.349 e. The number of nitrogens with zero attached hydrogens (tertiary/aromatic N) is 2. The quantitative estimate of drug-likeness (QED) is 0.467. The molecule has 0 radical (unpaired) electrons. The van der Waals surface area contributed by atoms with Gasteiger partial charge >= 0.3 is 0 Å². The molecule has 1 N–H and O–H groups in total. The summed E-state index contributed by atoms with van der Waals surface area (Å²) in [4.78, 5) is 24.1. The van der Waals surface area contributed by atoms with Gasteiger partial charge in [0.05, 0.1) is 11.3 Å². The van der Waals surface area contributed by atoms with E-state index in [-0.39, 0.29) is 23.0 Å². The van der Waals surface area contributed by atoms with Gasteiger partial charge in [0.2, 0.25) is 5.91 Å². The maximum absolute atomic E-state index is 13.1. The van der Waals surface area contributed by atoms with Crippen molar-refractivity contribution in [3.05, 3.63) is 52.4 Å². The van der Waals surface area contributed by atoms with Crippen LogP contribution in [0.5, 0.6) is 0 Å². The number of thioether (sulfide) groups is 1. The van der Waals surface area contributed by atoms with Gasteiger partial charge in [-0.2, -0.15) is 0 Å². The van der Waals surface area contributed by atoms with Gasteiger partial charge in [0.25, 0.3) is 0 Å². The second-order valence-corrected chi connectivity index (χ2v) is 9.52. The Bertz CT molecular complexity index is 1000. The normalized spacial score (nSPS) is 15.8. The van der Waals surface area contributed by atoms with Crippen molar-refractivity contribution in [2.45, 2.75) is 55.8 Å². The molecule has 2 heterocycles. The molecule has 0 saturated carbocycles. The second-order valence-electron chi connectivity index (χ2n) is 7.11. The standard InChI is InChI=1S/C21H22FN3OS2/c1-12(14-7-9-15(22)10-8-14)25-19(26)13(2)27-20-18-16-5-3-4-6-17(16)28-21(18)24-11-23-20/h7-13H,3-6H2,1-2H3,(H,25,26). The van der Waals surface area contributed by atoms with Gasteiger partial charge in [0.15, 0.2) is 0 Å². The lowest BCUT2D eigenvalue weighted by atomic mass is 9.97. The van der Waals surface area contributed by atoms with Gasteiger partial charge in [-0.1, -0.05) is 23.9 Å². The predicted molar refractivity (Wildman–Crippen MR) is 112 cm³/mol. The molecule has 1 aromatic carbocycles. The summed E-state index contributed by atoms with van der Waals surface area (Å²) in [6.07, 6.45) is 6.21. The highest BCUT2D eigenvalue weighted by Crippen LogP contribution is 2.40. The Kier molecular flexibility index (Phi) is 5.64. The smallest absolute Gasteiger partial charge is 0.233 e. The van der Waals surface area contributed by atoms with E-state index >= 15 is 0 Å². The van der Waals surface area contributed by atoms with Crippen LogP contribution in [0.25, 0.3) is 10.2 Å². The number of fused-ring (bicyclic) bond motifs is 3. The minimum Gasteiger partial charge on any atom is -0.349 e. The van der Waals surface area contributed by atoms with Crippen LogP contribution in [-0.2, 0) is 17.6 Å². The molecule has 0 spiro atoms. The highest BCUT2D eigenvalue weighted by atomic mass is 32.2. The van der Waals surface area contributed by atoms with Gasteiger partial charge in [0.1, 0.15) is 22.0 Å². The highest BCUT2D eigenvalue weighted by molar-refractivity contribution is 8.00. The molecular weight excluding hydrogens is 393 g/mol. The van der Waals surface area contributed by atoms with Crippen molar-refractivity contribution in [3.63, 3.8) is 0 Å². The molecular formula is C21H22FN3OS2. The topological polar surface area (TPSA) is 54.9 Å². The lowest BCUT2D eigenvalue weighted by Gasteiger charge is -2.18. The van der Waals surface area contributed by atoms with E-state index in [9.17, 15) is 9.18 Å². The number of aryl methyl sites for hydroxylation is 2. The van der Waals surface area contributed by atoms with E-state index in [0.29, 0.717) is 0 Å². The first-order valence-electron chi connectivity index (χ1n) is 9.50. The first-order valence-corrected chi connectivity index (χ1v) is 11.2. The van der Waals surface area contributed by atoms with Crippen LogP contribution in [0.4, 0.5) is 4.39 Å². The summed E-state index contributed by atoms with van der Waals surface area (Å²) in [6.45, 7) is 3.80. The van der Waals surface area contributed by atoms with Gasteiger partial charge in [-0.3, -0.25) is 4.79 Å². The number of thiophene rings is 1. The van der Waals surface area contributed by atoms with Crippen LogP contribution in [-0.4, -0.2) is 21.1 Å². The fraction of sp³-hybridized carbons (Fsp3) is 0.381. The Labute approximate surface area is 172 Å². The molecule has 0 fully saturated rings. The Morgan fingerprint density at radius 1 is 1.18 bits per heavy atom. The highest BCUT2D eigenvalue weighted by Gasteiger charge is 2.23. The molecule has 1 aliphatic carbocycles. The monoisotopic (exact) mass is 415 g/mol. The number of carbonyl (C=O) groups excluding carboxylic acids is 1. The third-order valence-corrected chi connectivity index (χ3v) is 7.40. The van der Waals surface area contributed by atoms with Gasteiger partial charge < -0.3 is 5.32 Å². The van der Waals surface area contributed by atoms with E-state index in [2.05, 4.69) is 15.3 Å². The van der Waals surface area contributed by atoms with E-state index in [1.54, 1.807) is 29.8 Å². The number of hydrogen-bond donors (Lipinski definition) is 1. The predicted octanol–water partition coefficient (Wildman–Crippen LogP) is 5.07. The average Bonchev–Trinajstić information content (AvgIpc) is 3.08. The lowest BCUT2D eigenvalue weighted by molar-refractivity contribution is -0.120. The van der Waals surface area contributed by atoms with Gasteiger partial charge in [0, 0.05) is 10.3 Å². The molecule has 3 aromatic rings. The Morgan fingerprint density at radius 2 is 1.93 bits per heavy atom. The van der Waals surface area contributed by atoms with E-state index in [1.807, 2.05) is 13.8 Å². The summed E-state index contributed by atoms with van der Waals surface area (Å²) in [5, 5.41) is 4.75. The first kappa shape index (κ1) is 19.3. The van der Waals surface area contributed by atoms with Crippen molar-refractivity contribution in [2.75, 3.05) is 0 Å². The Morgan fingerprint density at radius 3 is 2.71 bits per heavy atom. The van der Waals surface area contributed by atoms with Crippen molar-refractivity contribution in [3.8, 4) is 0 Å². The Balaban J connectivity index is 1.50. The fourth-order valence-electron chi connectivity index (χ4n) is 3.54. The van der Waals surface area contributed by atoms with Crippen LogP contribution in [0.15, 0.2) is 35.6 Å². The summed E-state index contributed by atoms with van der Waals surface area (Å²) in [5.41, 5.74) is 2.25. The maximum atomic E-state index is 13.1. The van der Waals surface area contributed by atoms with Crippen LogP contribution >= 0.6 is 23.1 Å². The zero-order valence-corrected chi connectivity index (χ0v) is 17.5. The summed E-state index contributed by atoms with van der Waals surface area (Å²) in [5.74, 6) is -0.337. The zero-order valence-electron chi connectivity index (χ0n) is 15.9. The second kappa shape index (κ2) is 8.17. The van der Waals surface area contributed by atoms with Crippen molar-refractivity contribution in [1.82, 2.24) is 15.3 Å². The maximum Gasteiger partial charge on any atom is 0.233 e. The van der Waals surface area contributed by atoms with Crippen molar-refractivity contribution >= 4 is 39.2 Å². The fourth-order valence-corrected chi connectivity index (χ4v) is 5.79. The number of rotatable bonds is 5. The van der Waals surface area contributed by atoms with Crippen molar-refractivity contribution < 1.29 is 9.18 Å². The van der Waals surface area contributed by atoms with E-state index in [1.165, 1.54) is 47.2 Å². The van der Waals surface area contributed by atoms with Crippen LogP contribution in [0.1, 0.15) is 48.7 Å². The molecule has 0 aliphatic heterocycles. The van der Waals surface area contributed by atoms with Crippen LogP contribution in [0.2, 0.25) is 0 Å². The SMILES string of the molecule is CC(Sc1ncnc2sc3c(c12)CCCC3)C(=O)NC(C)c1ccc(F)cc1. The molecule has 1 aliphatic rings. The van der Waals surface area contributed by atoms with Crippen molar-refractivity contribution in [1.29, 1.82) is 0 Å². The van der Waals surface area contributed by atoms with Crippen LogP contribution in [0, 0.1) is 5.82 Å². The van der Waals surface area contributed by atoms with Gasteiger partial charge in [-0.15, -0.1) is 11.3 Å². The number of halogens is 1. The van der Waals surface area contributed by atoms with Gasteiger partial charge in [-0.05, 0) is 62.8 Å². The summed E-state index contributed by atoms with van der Waals surface area (Å²) in [6, 6.07) is 6.03. The molecule has 28 heavy (non-hydrogen) atoms. The minimum atomic E-state index is -0.292. The molecule has 2 unspecified atom stereocenters. The van der Waals surface area contributed by atoms with E-state index < -0.39 is 0 Å². The van der Waals surface area contributed by atoms with Crippen LogP contribution < -0.4 is 5.32 Å². The first-order chi connectivity index (χ1) is 13.5. The number of benzene rings is 1. The number of aromatic nitrogens is 2. The minimum absolute atomic E-state index is 0.0577. The molecule has 0 saturated heterocycles. The number of hydrogen-bond acceptors (Lipinski definition) is 5. The molecule has 2 aromatic heterocycles. The Hall–Kier alpha value is -1.99. The van der Waals surface area contributed by atoms with Crippen molar-refractivity contribution in [2.24, 2.45) is 0 Å². The average molecular weight is 416 g/mol. The summed E-state index contributed by atoms with van der Waals surface area (Å²) >= 11 is 3.24. The third-order valence-electron chi connectivity index (χ3n) is 5.10. The van der Waals surface area contributed by atoms with Gasteiger partial charge in [-0.25, -0.2) is 14.4 Å². The van der Waals surface area contributed by atoms with E-state index in [0.717, 1.165) is 33.6 Å². The molecule has 7 heteroatoms. The summed E-state index contributed by atoms with van der Waals surface area (Å²) in [7, 11) is 0. The molecule has 4 nitrogen and oxygen atoms in total. The number of nitrogens with one attached hydrogen (secondary N) is 1.